The number of nitrogens with zero attached hydrogens (tertiary/aromatic N) is 2. The molecule has 2 rings (SSSR count). The molecule has 2 aromatic rings. The van der Waals surface area contributed by atoms with Crippen molar-refractivity contribution in [2.75, 3.05) is 0 Å². The Hall–Kier alpha value is -2.37. The highest BCUT2D eigenvalue weighted by atomic mass is 16.2. The molecule has 2 amide bonds. The van der Waals surface area contributed by atoms with Crippen LogP contribution in [-0.4, -0.2) is 21.9 Å². The van der Waals surface area contributed by atoms with Crippen LogP contribution in [0.4, 0.5) is 4.79 Å². The van der Waals surface area contributed by atoms with E-state index in [9.17, 15) is 9.59 Å². The van der Waals surface area contributed by atoms with Crippen LogP contribution in [0.1, 0.15) is 19.5 Å². The van der Waals surface area contributed by atoms with Crippen molar-refractivity contribution in [3.63, 3.8) is 0 Å². The lowest BCUT2D eigenvalue weighted by atomic mass is 10.1. The van der Waals surface area contributed by atoms with Gasteiger partial charge in [-0.15, -0.1) is 0 Å². The molecule has 0 fully saturated rings. The summed E-state index contributed by atoms with van der Waals surface area (Å²) in [6.07, 6.45) is 0. The van der Waals surface area contributed by atoms with Crippen molar-refractivity contribution in [3.8, 4) is 0 Å². The molecule has 0 aliphatic rings. The Balaban J connectivity index is 2.29. The summed E-state index contributed by atoms with van der Waals surface area (Å²) in [5.74, 6) is 0. The highest BCUT2D eigenvalue weighted by molar-refractivity contribution is 5.84. The molecule has 0 saturated carbocycles. The predicted octanol–water partition coefficient (Wildman–Crippen LogP) is 1.14. The van der Waals surface area contributed by atoms with Gasteiger partial charge in [-0.2, -0.15) is 5.10 Å². The number of nitrogens with one attached hydrogen (secondary N) is 2. The molecule has 0 aliphatic heterocycles. The van der Waals surface area contributed by atoms with E-state index in [-0.39, 0.29) is 24.2 Å². The van der Waals surface area contributed by atoms with Gasteiger partial charge in [-0.05, 0) is 19.9 Å². The van der Waals surface area contributed by atoms with Gasteiger partial charge in [0.2, 0.25) is 0 Å². The summed E-state index contributed by atoms with van der Waals surface area (Å²) in [5, 5.41) is 11.1. The maximum Gasteiger partial charge on any atom is 0.315 e. The Labute approximate surface area is 116 Å². The van der Waals surface area contributed by atoms with Crippen LogP contribution in [0.3, 0.4) is 0 Å². The Morgan fingerprint density at radius 1 is 1.30 bits per heavy atom. The van der Waals surface area contributed by atoms with E-state index in [0.717, 1.165) is 5.39 Å². The van der Waals surface area contributed by atoms with Gasteiger partial charge in [-0.1, -0.05) is 18.2 Å². The minimum atomic E-state index is -0.250. The second-order valence-electron chi connectivity index (χ2n) is 4.90. The number of hydrogen-bond donors (Lipinski definition) is 2. The van der Waals surface area contributed by atoms with E-state index >= 15 is 0 Å². The maximum atomic E-state index is 12.0. The lowest BCUT2D eigenvalue weighted by molar-refractivity contribution is 0.238. The topological polar surface area (TPSA) is 76.0 Å². The van der Waals surface area contributed by atoms with E-state index in [4.69, 9.17) is 0 Å². The molecule has 6 nitrogen and oxygen atoms in total. The van der Waals surface area contributed by atoms with Crippen LogP contribution in [0.2, 0.25) is 0 Å². The summed E-state index contributed by atoms with van der Waals surface area (Å²) in [6.45, 7) is 4.05. The largest absolute Gasteiger partial charge is 0.336 e. The number of rotatable bonds is 3. The van der Waals surface area contributed by atoms with Crippen LogP contribution in [0.5, 0.6) is 0 Å². The minimum Gasteiger partial charge on any atom is -0.336 e. The normalized spacial score (nSPS) is 10.8. The van der Waals surface area contributed by atoms with Gasteiger partial charge in [0.25, 0.3) is 5.56 Å². The van der Waals surface area contributed by atoms with Crippen molar-refractivity contribution >= 4 is 16.8 Å². The van der Waals surface area contributed by atoms with E-state index in [0.29, 0.717) is 11.1 Å². The smallest absolute Gasteiger partial charge is 0.315 e. The molecular weight excluding hydrogens is 256 g/mol. The summed E-state index contributed by atoms with van der Waals surface area (Å²) in [7, 11) is 1.60. The van der Waals surface area contributed by atoms with Gasteiger partial charge in [0.1, 0.15) is 0 Å². The molecule has 106 valence electrons. The first-order valence-corrected chi connectivity index (χ1v) is 6.48. The first kappa shape index (κ1) is 14.0. The molecule has 0 saturated heterocycles. The summed E-state index contributed by atoms with van der Waals surface area (Å²) >= 11 is 0. The zero-order chi connectivity index (χ0) is 14.7. The highest BCUT2D eigenvalue weighted by Crippen LogP contribution is 2.12. The van der Waals surface area contributed by atoms with Crippen LogP contribution in [0.15, 0.2) is 29.1 Å². The molecule has 0 unspecified atom stereocenters. The first-order valence-electron chi connectivity index (χ1n) is 6.48. The van der Waals surface area contributed by atoms with E-state index < -0.39 is 0 Å². The monoisotopic (exact) mass is 274 g/mol. The Morgan fingerprint density at radius 3 is 2.60 bits per heavy atom. The number of carbonyl (C=O) groups is 1. The Bertz CT molecular complexity index is 691. The van der Waals surface area contributed by atoms with Gasteiger partial charge < -0.3 is 10.6 Å². The molecule has 20 heavy (non-hydrogen) atoms. The fraction of sp³-hybridized carbons (Fsp3) is 0.357. The van der Waals surface area contributed by atoms with Gasteiger partial charge in [-0.25, -0.2) is 9.48 Å². The number of urea groups is 1. The highest BCUT2D eigenvalue weighted by Gasteiger charge is 2.09. The van der Waals surface area contributed by atoms with Gasteiger partial charge >= 0.3 is 6.03 Å². The van der Waals surface area contributed by atoms with Crippen molar-refractivity contribution in [3.05, 3.63) is 40.3 Å². The molecule has 0 radical (unpaired) electrons. The van der Waals surface area contributed by atoms with Crippen molar-refractivity contribution < 1.29 is 4.79 Å². The lowest BCUT2D eigenvalue weighted by Crippen LogP contribution is -2.39. The fourth-order valence-corrected chi connectivity index (χ4v) is 1.98. The van der Waals surface area contributed by atoms with Gasteiger partial charge in [0.05, 0.1) is 17.6 Å². The van der Waals surface area contributed by atoms with E-state index in [1.54, 1.807) is 13.1 Å². The number of amides is 2. The maximum absolute atomic E-state index is 12.0. The standard InChI is InChI=1S/C14H18N4O2/c1-9(2)16-14(20)15-8-12-10-6-4-5-7-11(10)13(19)18(3)17-12/h4-7,9H,8H2,1-3H3,(H2,15,16,20). The molecular formula is C14H18N4O2. The molecule has 0 spiro atoms. The van der Waals surface area contributed by atoms with Crippen LogP contribution >= 0.6 is 0 Å². The van der Waals surface area contributed by atoms with Crippen LogP contribution in [0, 0.1) is 0 Å². The van der Waals surface area contributed by atoms with E-state index in [2.05, 4.69) is 15.7 Å². The SMILES string of the molecule is CC(C)NC(=O)NCc1nn(C)c(=O)c2ccccc12. The van der Waals surface area contributed by atoms with Gasteiger partial charge in [0, 0.05) is 18.5 Å². The van der Waals surface area contributed by atoms with Crippen LogP contribution in [0.25, 0.3) is 10.8 Å². The fourth-order valence-electron chi connectivity index (χ4n) is 1.98. The van der Waals surface area contributed by atoms with Crippen LogP contribution < -0.4 is 16.2 Å². The summed E-state index contributed by atoms with van der Waals surface area (Å²) in [5.41, 5.74) is 0.526. The van der Waals surface area contributed by atoms with Gasteiger partial charge in [0.15, 0.2) is 0 Å². The van der Waals surface area contributed by atoms with Crippen molar-refractivity contribution in [2.24, 2.45) is 7.05 Å². The third kappa shape index (κ3) is 2.96. The van der Waals surface area contributed by atoms with E-state index in [1.807, 2.05) is 32.0 Å². The Kier molecular flexibility index (Phi) is 4.02. The molecule has 0 bridgehead atoms. The van der Waals surface area contributed by atoms with Crippen molar-refractivity contribution in [1.29, 1.82) is 0 Å². The third-order valence-corrected chi connectivity index (χ3v) is 2.87. The number of carbonyl (C=O) groups excluding carboxylic acids is 1. The van der Waals surface area contributed by atoms with Gasteiger partial charge in [-0.3, -0.25) is 4.79 Å². The number of aromatic nitrogens is 2. The van der Waals surface area contributed by atoms with Crippen LogP contribution in [-0.2, 0) is 13.6 Å². The number of benzene rings is 1. The average molecular weight is 274 g/mol. The third-order valence-electron chi connectivity index (χ3n) is 2.87. The van der Waals surface area contributed by atoms with Crippen molar-refractivity contribution in [2.45, 2.75) is 26.4 Å². The van der Waals surface area contributed by atoms with E-state index in [1.165, 1.54) is 4.68 Å². The van der Waals surface area contributed by atoms with Crippen molar-refractivity contribution in [1.82, 2.24) is 20.4 Å². The molecule has 6 heteroatoms. The molecule has 2 N–H and O–H groups in total. The molecule has 1 aromatic heterocycles. The number of fused-ring (bicyclic) bond motifs is 1. The second kappa shape index (κ2) is 5.73. The lowest BCUT2D eigenvalue weighted by Gasteiger charge is -2.11. The quantitative estimate of drug-likeness (QED) is 0.881. The number of aryl methyl sites for hydroxylation is 1. The minimum absolute atomic E-state index is 0.0693. The first-order chi connectivity index (χ1) is 9.49. The predicted molar refractivity (Wildman–Crippen MR) is 77.5 cm³/mol. The number of hydrogen-bond acceptors (Lipinski definition) is 3. The molecule has 0 atom stereocenters. The molecule has 1 heterocycles. The second-order valence-corrected chi connectivity index (χ2v) is 4.90. The molecule has 0 aliphatic carbocycles. The average Bonchev–Trinajstić information content (AvgIpc) is 2.40. The summed E-state index contributed by atoms with van der Waals surface area (Å²) < 4.78 is 1.29. The summed E-state index contributed by atoms with van der Waals surface area (Å²) in [4.78, 5) is 23.6. The zero-order valence-corrected chi connectivity index (χ0v) is 11.8. The zero-order valence-electron chi connectivity index (χ0n) is 11.8. The molecule has 1 aromatic carbocycles. The summed E-state index contributed by atoms with van der Waals surface area (Å²) in [6, 6.07) is 7.07. The Morgan fingerprint density at radius 2 is 1.95 bits per heavy atom.